The van der Waals surface area contributed by atoms with Gasteiger partial charge in [-0.15, -0.1) is 0 Å². The second-order valence-corrected chi connectivity index (χ2v) is 15.2. The van der Waals surface area contributed by atoms with Crippen LogP contribution in [-0.2, 0) is 16.2 Å². The Balaban J connectivity index is 1.66. The quantitative estimate of drug-likeness (QED) is 0.276. The molecule has 0 bridgehead atoms. The standard InChI is InChI=1S/C35H40BrCl2NO4/c1-7-11-39-25-15-34(3,4)17-27(40)31(25)30(32-26(39)16-35(5,6)18-28(32)41)21-12-23(36)33(29(13-21)42-8-2)43-19-20-9-10-22(37)14-24(20)38/h9-10,12-14,30H,7-8,11,15-19H2,1-6H3. The normalized spacial score (nSPS) is 19.9. The molecule has 0 spiro atoms. The van der Waals surface area contributed by atoms with Gasteiger partial charge in [0, 0.05) is 63.5 Å². The van der Waals surface area contributed by atoms with Gasteiger partial charge in [-0.3, -0.25) is 9.59 Å². The number of ether oxygens (including phenoxy) is 2. The number of carbonyl (C=O) groups is 2. The highest BCUT2D eigenvalue weighted by atomic mass is 79.9. The SMILES string of the molecule is CCCN1C2=C(C(=O)CC(C)(C)C2)C(c2cc(Br)c(OCc3ccc(Cl)cc3Cl)c(OCC)c2)C2=C1CC(C)(C)CC2=O. The first-order valence-electron chi connectivity index (χ1n) is 15.1. The van der Waals surface area contributed by atoms with Gasteiger partial charge in [-0.05, 0) is 82.8 Å². The number of ketones is 2. The lowest BCUT2D eigenvalue weighted by atomic mass is 9.63. The lowest BCUT2D eigenvalue weighted by molar-refractivity contribution is -0.119. The molecule has 0 amide bonds. The summed E-state index contributed by atoms with van der Waals surface area (Å²) in [5.41, 5.74) is 5.00. The Kier molecular flexibility index (Phi) is 9.15. The minimum atomic E-state index is -0.458. The molecule has 1 aliphatic heterocycles. The predicted molar refractivity (Wildman–Crippen MR) is 176 cm³/mol. The van der Waals surface area contributed by atoms with Gasteiger partial charge in [0.1, 0.15) is 6.61 Å². The van der Waals surface area contributed by atoms with E-state index < -0.39 is 5.92 Å². The van der Waals surface area contributed by atoms with E-state index in [1.807, 2.05) is 25.1 Å². The third kappa shape index (κ3) is 6.43. The summed E-state index contributed by atoms with van der Waals surface area (Å²) in [6.07, 6.45) is 3.41. The molecule has 0 saturated heterocycles. The number of rotatable bonds is 8. The summed E-state index contributed by atoms with van der Waals surface area (Å²) >= 11 is 16.2. The molecule has 1 heterocycles. The molecule has 5 rings (SSSR count). The van der Waals surface area contributed by atoms with Crippen LogP contribution in [-0.4, -0.2) is 29.6 Å². The Morgan fingerprint density at radius 1 is 0.884 bits per heavy atom. The second-order valence-electron chi connectivity index (χ2n) is 13.5. The molecule has 2 aromatic carbocycles. The van der Waals surface area contributed by atoms with E-state index in [1.54, 1.807) is 12.1 Å². The van der Waals surface area contributed by atoms with Gasteiger partial charge >= 0.3 is 0 Å². The fraction of sp³-hybridized carbons (Fsp3) is 0.486. The molecular formula is C35H40BrCl2NO4. The van der Waals surface area contributed by atoms with Gasteiger partial charge in [-0.25, -0.2) is 0 Å². The zero-order chi connectivity index (χ0) is 31.3. The summed E-state index contributed by atoms with van der Waals surface area (Å²) < 4.78 is 13.1. The van der Waals surface area contributed by atoms with Crippen molar-refractivity contribution >= 4 is 50.7 Å². The van der Waals surface area contributed by atoms with Gasteiger partial charge < -0.3 is 14.4 Å². The van der Waals surface area contributed by atoms with Crippen molar-refractivity contribution in [3.05, 3.63) is 78.5 Å². The first-order chi connectivity index (χ1) is 20.2. The molecule has 0 aromatic heterocycles. The van der Waals surface area contributed by atoms with Crippen LogP contribution in [0, 0.1) is 10.8 Å². The maximum absolute atomic E-state index is 14.1. The van der Waals surface area contributed by atoms with Crippen LogP contribution in [0.4, 0.5) is 0 Å². The summed E-state index contributed by atoms with van der Waals surface area (Å²) in [5.74, 6) is 0.863. The summed E-state index contributed by atoms with van der Waals surface area (Å²) in [6, 6.07) is 9.24. The van der Waals surface area contributed by atoms with Gasteiger partial charge in [-0.1, -0.05) is 63.9 Å². The fourth-order valence-corrected chi connectivity index (χ4v) is 7.86. The maximum Gasteiger partial charge on any atom is 0.175 e. The summed E-state index contributed by atoms with van der Waals surface area (Å²) in [4.78, 5) is 30.4. The van der Waals surface area contributed by atoms with Gasteiger partial charge in [-0.2, -0.15) is 0 Å². The summed E-state index contributed by atoms with van der Waals surface area (Å²) in [6.45, 7) is 14.1. The number of hydrogen-bond donors (Lipinski definition) is 0. The first kappa shape index (κ1) is 32.1. The van der Waals surface area contributed by atoms with Crippen molar-refractivity contribution in [3.63, 3.8) is 0 Å². The van der Waals surface area contributed by atoms with E-state index in [9.17, 15) is 9.59 Å². The van der Waals surface area contributed by atoms with E-state index in [2.05, 4.69) is 55.4 Å². The van der Waals surface area contributed by atoms with Crippen LogP contribution in [0.15, 0.2) is 57.3 Å². The molecule has 0 saturated carbocycles. The molecular weight excluding hydrogens is 649 g/mol. The first-order valence-corrected chi connectivity index (χ1v) is 16.6. The van der Waals surface area contributed by atoms with Crippen molar-refractivity contribution in [1.82, 2.24) is 4.90 Å². The number of nitrogens with zero attached hydrogens (tertiary/aromatic N) is 1. The molecule has 3 aliphatic rings. The minimum Gasteiger partial charge on any atom is -0.490 e. The Morgan fingerprint density at radius 3 is 2.02 bits per heavy atom. The van der Waals surface area contributed by atoms with Gasteiger partial charge in [0.05, 0.1) is 11.1 Å². The number of Topliss-reactive ketones (excluding diaryl/α,β-unsaturated/α-hetero) is 2. The smallest absolute Gasteiger partial charge is 0.175 e. The molecule has 0 atom stereocenters. The van der Waals surface area contributed by atoms with Crippen LogP contribution < -0.4 is 9.47 Å². The number of carbonyl (C=O) groups excluding carboxylic acids is 2. The number of halogens is 3. The van der Waals surface area contributed by atoms with E-state index >= 15 is 0 Å². The number of allylic oxidation sites excluding steroid dienone is 4. The van der Waals surface area contributed by atoms with E-state index in [4.69, 9.17) is 32.7 Å². The van der Waals surface area contributed by atoms with Crippen molar-refractivity contribution in [3.8, 4) is 11.5 Å². The largest absolute Gasteiger partial charge is 0.490 e. The molecule has 0 N–H and O–H groups in total. The zero-order valence-corrected chi connectivity index (χ0v) is 28.9. The van der Waals surface area contributed by atoms with E-state index in [1.165, 1.54) is 0 Å². The highest BCUT2D eigenvalue weighted by molar-refractivity contribution is 9.10. The molecule has 2 aliphatic carbocycles. The van der Waals surface area contributed by atoms with Crippen molar-refractivity contribution in [2.75, 3.05) is 13.2 Å². The fourth-order valence-electron chi connectivity index (χ4n) is 6.82. The van der Waals surface area contributed by atoms with Crippen LogP contribution >= 0.6 is 39.1 Å². The average Bonchev–Trinajstić information content (AvgIpc) is 2.88. The average molecular weight is 690 g/mol. The lowest BCUT2D eigenvalue weighted by Gasteiger charge is -2.49. The maximum atomic E-state index is 14.1. The molecule has 5 nitrogen and oxygen atoms in total. The van der Waals surface area contributed by atoms with Crippen LogP contribution in [0.5, 0.6) is 11.5 Å². The molecule has 230 valence electrons. The molecule has 8 heteroatoms. The van der Waals surface area contributed by atoms with Gasteiger partial charge in [0.25, 0.3) is 0 Å². The van der Waals surface area contributed by atoms with Crippen LogP contribution in [0.2, 0.25) is 10.0 Å². The topological polar surface area (TPSA) is 55.8 Å². The van der Waals surface area contributed by atoms with Gasteiger partial charge in [0.15, 0.2) is 23.1 Å². The highest BCUT2D eigenvalue weighted by Gasteiger charge is 2.49. The second kappa shape index (κ2) is 12.3. The number of benzene rings is 2. The monoisotopic (exact) mass is 687 g/mol. The van der Waals surface area contributed by atoms with Crippen molar-refractivity contribution in [2.45, 2.75) is 86.2 Å². The van der Waals surface area contributed by atoms with Crippen molar-refractivity contribution in [2.24, 2.45) is 10.8 Å². The van der Waals surface area contributed by atoms with Crippen molar-refractivity contribution in [1.29, 1.82) is 0 Å². The van der Waals surface area contributed by atoms with Crippen LogP contribution in [0.25, 0.3) is 0 Å². The van der Waals surface area contributed by atoms with E-state index in [0.717, 1.165) is 59.5 Å². The Bertz CT molecular complexity index is 1490. The summed E-state index contributed by atoms with van der Waals surface area (Å²) in [5, 5.41) is 1.08. The Labute approximate surface area is 273 Å². The molecule has 0 unspecified atom stereocenters. The van der Waals surface area contributed by atoms with Crippen LogP contribution in [0.3, 0.4) is 0 Å². The highest BCUT2D eigenvalue weighted by Crippen LogP contribution is 2.55. The molecule has 0 fully saturated rings. The molecule has 43 heavy (non-hydrogen) atoms. The van der Waals surface area contributed by atoms with Crippen LogP contribution in [0.1, 0.15) is 90.7 Å². The Morgan fingerprint density at radius 2 is 1.49 bits per heavy atom. The van der Waals surface area contributed by atoms with Gasteiger partial charge in [0.2, 0.25) is 0 Å². The zero-order valence-electron chi connectivity index (χ0n) is 25.8. The third-order valence-electron chi connectivity index (χ3n) is 8.52. The number of hydrogen-bond acceptors (Lipinski definition) is 5. The van der Waals surface area contributed by atoms with E-state index in [0.29, 0.717) is 45.5 Å². The Hall–Kier alpha value is -2.28. The molecule has 0 radical (unpaired) electrons. The summed E-state index contributed by atoms with van der Waals surface area (Å²) in [7, 11) is 0. The predicted octanol–water partition coefficient (Wildman–Crippen LogP) is 9.83. The van der Waals surface area contributed by atoms with E-state index in [-0.39, 0.29) is 29.0 Å². The van der Waals surface area contributed by atoms with Crippen molar-refractivity contribution < 1.29 is 19.1 Å². The minimum absolute atomic E-state index is 0.119. The third-order valence-corrected chi connectivity index (χ3v) is 9.70. The molecule has 2 aromatic rings. The lowest BCUT2D eigenvalue weighted by Crippen LogP contribution is -2.44.